The topological polar surface area (TPSA) is 123 Å². The Hall–Kier alpha value is -2.90. The maximum Gasteiger partial charge on any atom is 0.307 e. The van der Waals surface area contributed by atoms with Gasteiger partial charge in [0.15, 0.2) is 6.17 Å². The molecule has 0 aromatic heterocycles. The Bertz CT molecular complexity index is 600. The number of hydrogen-bond acceptors (Lipinski definition) is 7. The molecule has 1 atom stereocenters. The highest BCUT2D eigenvalue weighted by atomic mass is 16.5. The number of likely N-dealkylation sites (N-methyl/N-ethyl adjacent to an activating group) is 1. The third-order valence-corrected chi connectivity index (χ3v) is 3.31. The van der Waals surface area contributed by atoms with E-state index in [-0.39, 0.29) is 31.4 Å². The van der Waals surface area contributed by atoms with Gasteiger partial charge in [0, 0.05) is 25.5 Å². The summed E-state index contributed by atoms with van der Waals surface area (Å²) >= 11 is 0. The van der Waals surface area contributed by atoms with Crippen molar-refractivity contribution in [3.8, 4) is 0 Å². The first-order chi connectivity index (χ1) is 11.0. The fourth-order valence-corrected chi connectivity index (χ4v) is 2.08. The molecule has 0 bridgehead atoms. The molecule has 0 saturated heterocycles. The number of carbonyl (C=O) groups excluding carboxylic acids is 2. The van der Waals surface area contributed by atoms with Crippen molar-refractivity contribution < 1.29 is 14.3 Å². The summed E-state index contributed by atoms with van der Waals surface area (Å²) in [5, 5.41) is 5.48. The highest BCUT2D eigenvalue weighted by Gasteiger charge is 2.26. The minimum atomic E-state index is -0.555. The summed E-state index contributed by atoms with van der Waals surface area (Å²) in [4.78, 5) is 25.2. The summed E-state index contributed by atoms with van der Waals surface area (Å²) in [5.41, 5.74) is 12.7. The molecular weight excluding hydrogens is 298 g/mol. The molecule has 1 aromatic rings. The zero-order valence-electron chi connectivity index (χ0n) is 12.9. The van der Waals surface area contributed by atoms with Crippen LogP contribution in [-0.2, 0) is 20.9 Å². The third kappa shape index (κ3) is 4.80. The summed E-state index contributed by atoms with van der Waals surface area (Å²) in [6, 6.07) is 7.08. The molecule has 0 radical (unpaired) electrons. The first kappa shape index (κ1) is 16.5. The second-order valence-electron chi connectivity index (χ2n) is 5.24. The van der Waals surface area contributed by atoms with E-state index in [1.54, 1.807) is 42.4 Å². The summed E-state index contributed by atoms with van der Waals surface area (Å²) in [7, 11) is 1.73. The minimum Gasteiger partial charge on any atom is -0.461 e. The number of nitrogens with one attached hydrogen (secondary N) is 2. The largest absolute Gasteiger partial charge is 0.461 e. The maximum absolute atomic E-state index is 11.9. The number of nitrogens with zero attached hydrogens (tertiary/aromatic N) is 1. The van der Waals surface area contributed by atoms with Gasteiger partial charge in [0.1, 0.15) is 12.4 Å². The van der Waals surface area contributed by atoms with Crippen LogP contribution in [0.2, 0.25) is 0 Å². The van der Waals surface area contributed by atoms with Crippen LogP contribution in [-0.4, -0.2) is 36.5 Å². The van der Waals surface area contributed by atoms with E-state index >= 15 is 0 Å². The lowest BCUT2D eigenvalue weighted by Crippen LogP contribution is -2.48. The zero-order chi connectivity index (χ0) is 16.8. The van der Waals surface area contributed by atoms with E-state index in [9.17, 15) is 9.59 Å². The summed E-state index contributed by atoms with van der Waals surface area (Å²) in [6.07, 6.45) is 1.17. The molecule has 0 fully saturated rings. The maximum atomic E-state index is 11.9. The smallest absolute Gasteiger partial charge is 0.307 e. The van der Waals surface area contributed by atoms with Gasteiger partial charge in [0.25, 0.3) is 5.91 Å². The number of esters is 1. The van der Waals surface area contributed by atoms with Gasteiger partial charge in [-0.25, -0.2) is 0 Å². The van der Waals surface area contributed by atoms with E-state index in [2.05, 4.69) is 10.6 Å². The average molecular weight is 319 g/mol. The predicted octanol–water partition coefficient (Wildman–Crippen LogP) is -0.563. The highest BCUT2D eigenvalue weighted by Crippen LogP contribution is 2.07. The molecule has 1 aliphatic heterocycles. The molecule has 23 heavy (non-hydrogen) atoms. The Labute approximate surface area is 134 Å². The average Bonchev–Trinajstić information content (AvgIpc) is 2.85. The van der Waals surface area contributed by atoms with Crippen LogP contribution >= 0.6 is 0 Å². The van der Waals surface area contributed by atoms with Crippen LogP contribution in [0.3, 0.4) is 0 Å². The van der Waals surface area contributed by atoms with Gasteiger partial charge < -0.3 is 31.7 Å². The summed E-state index contributed by atoms with van der Waals surface area (Å²) < 4.78 is 5.13. The molecule has 8 nitrogen and oxygen atoms in total. The number of rotatable bonds is 6. The Morgan fingerprint density at radius 1 is 1.30 bits per heavy atom. The highest BCUT2D eigenvalue weighted by molar-refractivity contribution is 5.82. The van der Waals surface area contributed by atoms with Crippen LogP contribution in [0.1, 0.15) is 12.0 Å². The molecular formula is C15H21N5O3. The van der Waals surface area contributed by atoms with Gasteiger partial charge in [-0.1, -0.05) is 12.1 Å². The summed E-state index contributed by atoms with van der Waals surface area (Å²) in [5.74, 6) is -0.210. The molecule has 1 unspecified atom stereocenters. The molecule has 2 rings (SSSR count). The van der Waals surface area contributed by atoms with Gasteiger partial charge in [0.2, 0.25) is 0 Å². The Morgan fingerprint density at radius 3 is 2.61 bits per heavy atom. The molecule has 1 amide bonds. The van der Waals surface area contributed by atoms with Gasteiger partial charge in [-0.15, -0.1) is 0 Å². The van der Waals surface area contributed by atoms with E-state index in [0.29, 0.717) is 11.5 Å². The molecule has 1 heterocycles. The monoisotopic (exact) mass is 319 g/mol. The quantitative estimate of drug-likeness (QED) is 0.409. The van der Waals surface area contributed by atoms with Crippen molar-refractivity contribution in [3.63, 3.8) is 0 Å². The van der Waals surface area contributed by atoms with Crippen LogP contribution in [0, 0.1) is 0 Å². The second-order valence-corrected chi connectivity index (χ2v) is 5.24. The van der Waals surface area contributed by atoms with Crippen molar-refractivity contribution in [3.05, 3.63) is 41.8 Å². The number of anilines is 1. The van der Waals surface area contributed by atoms with Gasteiger partial charge in [-0.2, -0.15) is 0 Å². The van der Waals surface area contributed by atoms with Crippen molar-refractivity contribution in [2.24, 2.45) is 5.73 Å². The molecule has 124 valence electrons. The van der Waals surface area contributed by atoms with Gasteiger partial charge >= 0.3 is 5.97 Å². The van der Waals surface area contributed by atoms with Crippen LogP contribution in [0.15, 0.2) is 36.3 Å². The van der Waals surface area contributed by atoms with Crippen molar-refractivity contribution in [1.29, 1.82) is 0 Å². The summed E-state index contributed by atoms with van der Waals surface area (Å²) in [6.45, 7) is 0.381. The minimum absolute atomic E-state index is 0.0973. The number of ether oxygens (including phenoxy) is 1. The number of carbonyl (C=O) groups is 2. The van der Waals surface area contributed by atoms with E-state index < -0.39 is 6.17 Å². The van der Waals surface area contributed by atoms with Gasteiger partial charge in [-0.05, 0) is 17.7 Å². The van der Waals surface area contributed by atoms with Crippen molar-refractivity contribution >= 4 is 17.6 Å². The normalized spacial score (nSPS) is 16.5. The first-order valence-electron chi connectivity index (χ1n) is 7.19. The van der Waals surface area contributed by atoms with Crippen LogP contribution in [0.4, 0.5) is 5.69 Å². The third-order valence-electron chi connectivity index (χ3n) is 3.31. The molecule has 8 heteroatoms. The fraction of sp³-hybridized carbons (Fsp3) is 0.333. The number of amides is 1. The Balaban J connectivity index is 1.65. The van der Waals surface area contributed by atoms with Crippen LogP contribution in [0.25, 0.3) is 0 Å². The zero-order valence-corrected chi connectivity index (χ0v) is 12.9. The lowest BCUT2D eigenvalue weighted by Gasteiger charge is -2.19. The van der Waals surface area contributed by atoms with E-state index in [4.69, 9.17) is 16.2 Å². The number of benzene rings is 1. The van der Waals surface area contributed by atoms with Crippen molar-refractivity contribution in [1.82, 2.24) is 15.5 Å². The Kier molecular flexibility index (Phi) is 5.29. The molecule has 0 saturated carbocycles. The fourth-order valence-electron chi connectivity index (χ4n) is 2.08. The second kappa shape index (κ2) is 7.39. The molecule has 1 aliphatic rings. The first-order valence-corrected chi connectivity index (χ1v) is 7.19. The number of nitrogens with two attached hydrogens (primary N) is 2. The molecule has 0 spiro atoms. The Morgan fingerprint density at radius 2 is 2.00 bits per heavy atom. The molecule has 1 aromatic carbocycles. The van der Waals surface area contributed by atoms with E-state index in [1.807, 2.05) is 0 Å². The standard InChI is InChI=1S/C15H21N5O3/c1-20-8-12(17)19-14(20)15(22)18-7-6-13(21)23-9-10-2-4-11(16)5-3-10/h2-5,8,14,19H,6-7,9,16-17H2,1H3,(H,18,22). The predicted molar refractivity (Wildman–Crippen MR) is 85.2 cm³/mol. The molecule has 6 N–H and O–H groups in total. The van der Waals surface area contributed by atoms with E-state index in [0.717, 1.165) is 5.56 Å². The number of hydrogen-bond donors (Lipinski definition) is 4. The van der Waals surface area contributed by atoms with Crippen molar-refractivity contribution in [2.75, 3.05) is 19.3 Å². The van der Waals surface area contributed by atoms with Crippen LogP contribution in [0.5, 0.6) is 0 Å². The van der Waals surface area contributed by atoms with E-state index in [1.165, 1.54) is 0 Å². The van der Waals surface area contributed by atoms with Gasteiger partial charge in [-0.3, -0.25) is 9.59 Å². The lowest BCUT2D eigenvalue weighted by molar-refractivity contribution is -0.144. The van der Waals surface area contributed by atoms with Gasteiger partial charge in [0.05, 0.1) is 6.42 Å². The lowest BCUT2D eigenvalue weighted by atomic mass is 10.2. The van der Waals surface area contributed by atoms with Crippen molar-refractivity contribution in [2.45, 2.75) is 19.2 Å². The SMILES string of the molecule is CN1C=C(N)NC1C(=O)NCCC(=O)OCc1ccc(N)cc1. The van der Waals surface area contributed by atoms with Crippen LogP contribution < -0.4 is 22.1 Å². The molecule has 0 aliphatic carbocycles. The number of nitrogen functional groups attached to an aromatic ring is 1.